The van der Waals surface area contributed by atoms with E-state index in [1.54, 1.807) is 38.4 Å². The molecule has 0 aromatic heterocycles. The van der Waals surface area contributed by atoms with E-state index >= 15 is 0 Å². The summed E-state index contributed by atoms with van der Waals surface area (Å²) in [6.07, 6.45) is 0.154. The van der Waals surface area contributed by atoms with Gasteiger partial charge in [0, 0.05) is 12.6 Å². The van der Waals surface area contributed by atoms with E-state index in [1.165, 1.54) is 0 Å². The molecule has 26 heavy (non-hydrogen) atoms. The van der Waals surface area contributed by atoms with Crippen LogP contribution in [0.1, 0.15) is 51.9 Å². The first-order chi connectivity index (χ1) is 12.6. The second-order valence-corrected chi connectivity index (χ2v) is 4.79. The van der Waals surface area contributed by atoms with E-state index in [2.05, 4.69) is 5.32 Å². The lowest BCUT2D eigenvalue weighted by atomic mass is 10.2. The summed E-state index contributed by atoms with van der Waals surface area (Å²) in [5.74, 6) is 1.61. The Morgan fingerprint density at radius 1 is 0.846 bits per heavy atom. The zero-order chi connectivity index (χ0) is 20.4. The maximum absolute atomic E-state index is 11.2. The number of methoxy groups -OCH3 is 1. The van der Waals surface area contributed by atoms with Crippen molar-refractivity contribution < 1.29 is 14.3 Å². The minimum atomic E-state index is -0.0823. The quantitative estimate of drug-likeness (QED) is 0.773. The predicted molar refractivity (Wildman–Crippen MR) is 111 cm³/mol. The maximum atomic E-state index is 11.2. The van der Waals surface area contributed by atoms with Crippen molar-refractivity contribution in [2.75, 3.05) is 14.2 Å². The van der Waals surface area contributed by atoms with E-state index < -0.39 is 0 Å². The van der Waals surface area contributed by atoms with Crippen LogP contribution in [0, 0.1) is 0 Å². The number of carbonyl (C=O) groups is 1. The first-order valence-electron chi connectivity index (χ1n) is 9.14. The van der Waals surface area contributed by atoms with Crippen LogP contribution in [-0.4, -0.2) is 26.2 Å². The smallest absolute Gasteiger partial charge is 0.251 e. The molecule has 1 amide bonds. The fourth-order valence-corrected chi connectivity index (χ4v) is 1.66. The summed E-state index contributed by atoms with van der Waals surface area (Å²) in [6.45, 7) is 11.9. The van der Waals surface area contributed by atoms with Crippen LogP contribution >= 0.6 is 0 Å². The third-order valence-electron chi connectivity index (χ3n) is 2.69. The van der Waals surface area contributed by atoms with Crippen LogP contribution in [0.5, 0.6) is 11.5 Å². The van der Waals surface area contributed by atoms with Crippen LogP contribution in [0.4, 0.5) is 0 Å². The molecule has 0 saturated carbocycles. The number of rotatable bonds is 4. The van der Waals surface area contributed by atoms with Crippen molar-refractivity contribution in [1.29, 1.82) is 0 Å². The molecule has 4 heteroatoms. The van der Waals surface area contributed by atoms with E-state index in [9.17, 15) is 4.79 Å². The van der Waals surface area contributed by atoms with E-state index in [-0.39, 0.29) is 12.0 Å². The number of ether oxygens (including phenoxy) is 2. The van der Waals surface area contributed by atoms with Crippen molar-refractivity contribution in [3.05, 3.63) is 60.2 Å². The normalized spacial score (nSPS) is 8.50. The molecule has 0 unspecified atom stereocenters. The zero-order valence-corrected chi connectivity index (χ0v) is 17.5. The second kappa shape index (κ2) is 17.3. The zero-order valence-electron chi connectivity index (χ0n) is 17.5. The summed E-state index contributed by atoms with van der Waals surface area (Å²) in [6, 6.07) is 16.8. The highest BCUT2D eigenvalue weighted by Crippen LogP contribution is 2.13. The summed E-state index contributed by atoms with van der Waals surface area (Å²) in [7, 11) is 3.27. The number of nitrogens with one attached hydrogen (secondary N) is 1. The summed E-state index contributed by atoms with van der Waals surface area (Å²) in [4.78, 5) is 11.2. The molecule has 0 aliphatic carbocycles. The summed E-state index contributed by atoms with van der Waals surface area (Å²) >= 11 is 0. The van der Waals surface area contributed by atoms with Gasteiger partial charge in [0.05, 0.1) is 13.2 Å². The molecule has 0 spiro atoms. The van der Waals surface area contributed by atoms with Crippen molar-refractivity contribution in [1.82, 2.24) is 5.32 Å². The van der Waals surface area contributed by atoms with Gasteiger partial charge < -0.3 is 14.8 Å². The standard InChI is InChI=1S/C11H15NO2.C7H8O.2C2H6/c1-8(2)14-10-6-4-9(5-7-10)11(13)12-3;1-8-7-5-3-2-4-6-7;2*1-2/h4-8H,1-3H3,(H,12,13);2-6H,1H3;2*1-2H3. The summed E-state index contributed by atoms with van der Waals surface area (Å²) in [5, 5.41) is 2.56. The van der Waals surface area contributed by atoms with Crippen LogP contribution in [-0.2, 0) is 0 Å². The van der Waals surface area contributed by atoms with Crippen LogP contribution in [0.25, 0.3) is 0 Å². The minimum Gasteiger partial charge on any atom is -0.497 e. The van der Waals surface area contributed by atoms with Gasteiger partial charge in [-0.1, -0.05) is 45.9 Å². The Hall–Kier alpha value is -2.49. The fourth-order valence-electron chi connectivity index (χ4n) is 1.66. The lowest BCUT2D eigenvalue weighted by Crippen LogP contribution is -2.17. The Balaban J connectivity index is 0. The molecule has 0 atom stereocenters. The van der Waals surface area contributed by atoms with Gasteiger partial charge >= 0.3 is 0 Å². The Kier molecular flexibility index (Phi) is 17.2. The van der Waals surface area contributed by atoms with Gasteiger partial charge in [0.25, 0.3) is 5.91 Å². The van der Waals surface area contributed by atoms with Gasteiger partial charge in [-0.15, -0.1) is 0 Å². The molecular weight excluding hydrogens is 326 g/mol. The van der Waals surface area contributed by atoms with E-state index in [0.29, 0.717) is 5.56 Å². The number of carbonyl (C=O) groups excluding carboxylic acids is 1. The van der Waals surface area contributed by atoms with Crippen molar-refractivity contribution in [2.45, 2.75) is 47.6 Å². The molecule has 1 N–H and O–H groups in total. The van der Waals surface area contributed by atoms with Gasteiger partial charge in [-0.05, 0) is 50.2 Å². The molecule has 0 aliphatic heterocycles. The van der Waals surface area contributed by atoms with Crippen LogP contribution < -0.4 is 14.8 Å². The SMILES string of the molecule is CC.CC.CNC(=O)c1ccc(OC(C)C)cc1.COc1ccccc1. The highest BCUT2D eigenvalue weighted by atomic mass is 16.5. The molecule has 0 heterocycles. The molecular formula is C22H35NO3. The Bertz CT molecular complexity index is 551. The third-order valence-corrected chi connectivity index (χ3v) is 2.69. The van der Waals surface area contributed by atoms with Crippen molar-refractivity contribution in [3.8, 4) is 11.5 Å². The van der Waals surface area contributed by atoms with E-state index in [1.807, 2.05) is 71.9 Å². The maximum Gasteiger partial charge on any atom is 0.251 e. The summed E-state index contributed by atoms with van der Waals surface area (Å²) < 4.78 is 10.4. The van der Waals surface area contributed by atoms with E-state index in [4.69, 9.17) is 9.47 Å². The number of para-hydroxylation sites is 1. The fraction of sp³-hybridized carbons (Fsp3) is 0.409. The predicted octanol–water partition coefficient (Wildman–Crippen LogP) is 5.58. The number of amides is 1. The molecule has 2 rings (SSSR count). The largest absolute Gasteiger partial charge is 0.497 e. The molecule has 0 fully saturated rings. The molecule has 4 nitrogen and oxygen atoms in total. The molecule has 146 valence electrons. The monoisotopic (exact) mass is 361 g/mol. The lowest BCUT2D eigenvalue weighted by Gasteiger charge is -2.09. The highest BCUT2D eigenvalue weighted by Gasteiger charge is 2.03. The van der Waals surface area contributed by atoms with Gasteiger partial charge in [-0.25, -0.2) is 0 Å². The van der Waals surface area contributed by atoms with Crippen molar-refractivity contribution in [2.24, 2.45) is 0 Å². The number of hydrogen-bond acceptors (Lipinski definition) is 3. The minimum absolute atomic E-state index is 0.0823. The van der Waals surface area contributed by atoms with Crippen LogP contribution in [0.3, 0.4) is 0 Å². The number of hydrogen-bond donors (Lipinski definition) is 1. The first-order valence-corrected chi connectivity index (χ1v) is 9.14. The van der Waals surface area contributed by atoms with Gasteiger partial charge in [-0.3, -0.25) is 4.79 Å². The summed E-state index contributed by atoms with van der Waals surface area (Å²) in [5.41, 5.74) is 0.642. The van der Waals surface area contributed by atoms with Crippen molar-refractivity contribution in [3.63, 3.8) is 0 Å². The average Bonchev–Trinajstić information content (AvgIpc) is 2.71. The molecule has 0 bridgehead atoms. The molecule has 2 aromatic carbocycles. The second-order valence-electron chi connectivity index (χ2n) is 4.79. The Labute approximate surface area is 159 Å². The van der Waals surface area contributed by atoms with Gasteiger partial charge in [-0.2, -0.15) is 0 Å². The molecule has 0 saturated heterocycles. The average molecular weight is 362 g/mol. The van der Waals surface area contributed by atoms with Crippen molar-refractivity contribution >= 4 is 5.91 Å². The van der Waals surface area contributed by atoms with Gasteiger partial charge in [0.2, 0.25) is 0 Å². The van der Waals surface area contributed by atoms with Gasteiger partial charge in [0.15, 0.2) is 0 Å². The van der Waals surface area contributed by atoms with E-state index in [0.717, 1.165) is 11.5 Å². The Morgan fingerprint density at radius 3 is 1.69 bits per heavy atom. The first kappa shape index (κ1) is 25.7. The third kappa shape index (κ3) is 12.0. The molecule has 0 aliphatic rings. The van der Waals surface area contributed by atoms with Crippen LogP contribution in [0.15, 0.2) is 54.6 Å². The molecule has 0 radical (unpaired) electrons. The topological polar surface area (TPSA) is 47.6 Å². The highest BCUT2D eigenvalue weighted by molar-refractivity contribution is 5.94. The molecule has 2 aromatic rings. The Morgan fingerprint density at radius 2 is 1.35 bits per heavy atom. The number of benzene rings is 2. The van der Waals surface area contributed by atoms with Crippen LogP contribution in [0.2, 0.25) is 0 Å². The van der Waals surface area contributed by atoms with Gasteiger partial charge in [0.1, 0.15) is 11.5 Å². The lowest BCUT2D eigenvalue weighted by molar-refractivity contribution is 0.0963.